The first kappa shape index (κ1) is 62.6. The van der Waals surface area contributed by atoms with Crippen molar-refractivity contribution in [3.8, 4) is 61.3 Å². The highest BCUT2D eigenvalue weighted by Crippen LogP contribution is 2.57. The van der Waals surface area contributed by atoms with E-state index in [0.29, 0.717) is 22.6 Å². The molecule has 0 saturated heterocycles. The van der Waals surface area contributed by atoms with Crippen molar-refractivity contribution in [2.45, 2.75) is 236 Å². The minimum atomic E-state index is -0.714. The molecule has 4 heteroatoms. The number of anilines is 6. The van der Waals surface area contributed by atoms with E-state index in [1.807, 2.05) is 18.2 Å². The summed E-state index contributed by atoms with van der Waals surface area (Å²) in [6, 6.07) is 52.7. The summed E-state index contributed by atoms with van der Waals surface area (Å²) in [5, 5.41) is -0.0792. The third-order valence-corrected chi connectivity index (χ3v) is 23.5. The van der Waals surface area contributed by atoms with Crippen LogP contribution in [0, 0.1) is 0 Å². The van der Waals surface area contributed by atoms with Crippen molar-refractivity contribution in [1.82, 2.24) is 4.57 Å². The highest BCUT2D eigenvalue weighted by Gasteiger charge is 2.47. The quantitative estimate of drug-likeness (QED) is 0.141. The van der Waals surface area contributed by atoms with E-state index in [4.69, 9.17) is 1.37 Å². The lowest BCUT2D eigenvalue weighted by Crippen LogP contribution is -2.61. The Bertz CT molecular complexity index is 6540. The maximum absolute atomic E-state index is 10.0. The number of hydrogen-bond donors (Lipinski definition) is 0. The van der Waals surface area contributed by atoms with Crippen LogP contribution >= 0.6 is 0 Å². The largest absolute Gasteiger partial charge is 0.310 e. The molecule has 112 heavy (non-hydrogen) atoms. The van der Waals surface area contributed by atoms with Gasteiger partial charge in [-0.05, 0) is 215 Å². The second-order valence-electron chi connectivity index (χ2n) is 41.1. The van der Waals surface area contributed by atoms with Gasteiger partial charge in [-0.25, -0.2) is 0 Å². The molecule has 0 spiro atoms. The van der Waals surface area contributed by atoms with Gasteiger partial charge in [0.15, 0.2) is 0 Å². The van der Waals surface area contributed by atoms with Gasteiger partial charge in [-0.2, -0.15) is 0 Å². The second kappa shape index (κ2) is 26.9. The lowest BCUT2D eigenvalue weighted by Gasteiger charge is -2.47. The molecule has 570 valence electrons. The standard InChI is InChI=1S/C108H120BN3/c1-100(2,3)72-46-41-68(42-47-72)84-59-77(105(16,17)18)61-86(71-55-75(103(10,11)12)58-76(56-71)104(13,14)15)98(84)112-94-66-80(110-91-39-33-31-37-82(91)83-38-32-34-40-92(83)110)51-54-90(94)109-89-53-45-70(67-35-29-28-30-36-67)57-93(89)111(95-64-79(107(22,23)24)65-96(112)97(95)109)99-85(69-43-48-73(49-44-69)101(4,5)6)60-78(106(19,20)21)62-87(99)81-52-50-74(102(7,8)9)63-88(81)108(25,26)27/h28-66H,1-27H3/i28D,29D,30D,31D,32D,33D,34D,35D,36D,37D,38D,39D,40D. The minimum absolute atomic E-state index is 0.0137. The molecule has 0 amide bonds. The number of rotatable bonds is 8. The molecular weight excluding hydrogens is 1350 g/mol. The van der Waals surface area contributed by atoms with Crippen LogP contribution in [0.2, 0.25) is 0 Å². The summed E-state index contributed by atoms with van der Waals surface area (Å²) in [4.78, 5) is 4.92. The van der Waals surface area contributed by atoms with Crippen LogP contribution in [0.5, 0.6) is 0 Å². The smallest absolute Gasteiger partial charge is 0.252 e. The molecule has 12 aromatic carbocycles. The summed E-state index contributed by atoms with van der Waals surface area (Å²) < 4.78 is 126. The lowest BCUT2D eigenvalue weighted by atomic mass is 9.33. The van der Waals surface area contributed by atoms with E-state index in [2.05, 4.69) is 336 Å². The Labute approximate surface area is 691 Å². The Morgan fingerprint density at radius 2 is 0.616 bits per heavy atom. The molecule has 3 heterocycles. The number of para-hydroxylation sites is 2. The predicted octanol–water partition coefficient (Wildman–Crippen LogP) is 28.9. The Balaban J connectivity index is 1.24. The van der Waals surface area contributed by atoms with Crippen LogP contribution in [-0.2, 0) is 48.7 Å². The Morgan fingerprint density at radius 1 is 0.250 bits per heavy atom. The number of nitrogens with zero attached hydrogens (tertiary/aromatic N) is 3. The molecule has 13 aromatic rings. The summed E-state index contributed by atoms with van der Waals surface area (Å²) in [7, 11) is 0. The SMILES string of the molecule is [2H]c1c([2H])c([2H])c(-c2ccc3c(c2)N(c2c(-c4ccc(C(C)(C)C)cc4)cc(C(C)(C)C)cc2-c2ccc(C(C)(C)C)cc2C(C)(C)C)c2cc(C(C)(C)C)cc4c2B3c2ccc(-n3c5c([2H])c([2H])c([2H])c([2H])c5c5c([2H])c([2H])c([2H])c([2H])c53)cc2N4c2c(-c3ccc(C(C)(C)C)cc3)cc(C(C)(C)C)cc2-c2cc(C(C)(C)C)cc(C(C)(C)C)c2)c([2H])c1[2H]. The third-order valence-electron chi connectivity index (χ3n) is 23.5. The van der Waals surface area contributed by atoms with Crippen molar-refractivity contribution in [2.24, 2.45) is 0 Å². The average molecular weight is 1480 g/mol. The zero-order chi connectivity index (χ0) is 91.8. The molecule has 1 aromatic heterocycles. The summed E-state index contributed by atoms with van der Waals surface area (Å²) >= 11 is 0. The van der Waals surface area contributed by atoms with Crippen molar-refractivity contribution >= 4 is 79.0 Å². The first-order valence-electron chi connectivity index (χ1n) is 46.7. The first-order chi connectivity index (χ1) is 57.6. The number of aromatic nitrogens is 1. The van der Waals surface area contributed by atoms with Crippen LogP contribution in [0.3, 0.4) is 0 Å². The number of hydrogen-bond acceptors (Lipinski definition) is 2. The van der Waals surface area contributed by atoms with Gasteiger partial charge in [-0.3, -0.25) is 0 Å². The molecule has 0 radical (unpaired) electrons. The molecule has 0 bridgehead atoms. The second-order valence-corrected chi connectivity index (χ2v) is 41.1. The molecule has 2 aliphatic rings. The van der Waals surface area contributed by atoms with E-state index in [-0.39, 0.29) is 66.5 Å². The highest BCUT2D eigenvalue weighted by atomic mass is 15.2. The zero-order valence-electron chi connectivity index (χ0n) is 84.4. The van der Waals surface area contributed by atoms with Crippen molar-refractivity contribution in [1.29, 1.82) is 0 Å². The summed E-state index contributed by atoms with van der Waals surface area (Å²) in [6.07, 6.45) is 0. The third kappa shape index (κ3) is 14.0. The van der Waals surface area contributed by atoms with Gasteiger partial charge < -0.3 is 14.4 Å². The van der Waals surface area contributed by atoms with Gasteiger partial charge >= 0.3 is 0 Å². The van der Waals surface area contributed by atoms with Crippen LogP contribution in [0.15, 0.2) is 236 Å². The number of benzene rings is 12. The van der Waals surface area contributed by atoms with E-state index >= 15 is 0 Å². The van der Waals surface area contributed by atoms with Crippen molar-refractivity contribution in [2.75, 3.05) is 9.80 Å². The predicted molar refractivity (Wildman–Crippen MR) is 490 cm³/mol. The minimum Gasteiger partial charge on any atom is -0.310 e. The fourth-order valence-corrected chi connectivity index (χ4v) is 16.6. The van der Waals surface area contributed by atoms with E-state index in [1.54, 1.807) is 4.57 Å². The van der Waals surface area contributed by atoms with Crippen LogP contribution in [-0.4, -0.2) is 11.3 Å². The van der Waals surface area contributed by atoms with Crippen LogP contribution in [0.1, 0.15) is 255 Å². The molecule has 0 N–H and O–H groups in total. The number of fused-ring (bicyclic) bond motifs is 7. The Morgan fingerprint density at radius 3 is 1.06 bits per heavy atom. The van der Waals surface area contributed by atoms with Crippen LogP contribution in [0.4, 0.5) is 34.1 Å². The molecule has 0 unspecified atom stereocenters. The molecule has 3 nitrogen and oxygen atoms in total. The van der Waals surface area contributed by atoms with Gasteiger partial charge in [0.2, 0.25) is 0 Å². The zero-order valence-corrected chi connectivity index (χ0v) is 71.4. The van der Waals surface area contributed by atoms with E-state index < -0.39 is 94.8 Å². The van der Waals surface area contributed by atoms with Gasteiger partial charge in [0.25, 0.3) is 6.71 Å². The summed E-state index contributed by atoms with van der Waals surface area (Å²) in [5.74, 6) is 0. The highest BCUT2D eigenvalue weighted by molar-refractivity contribution is 7.00. The van der Waals surface area contributed by atoms with Gasteiger partial charge in [0.1, 0.15) is 0 Å². The van der Waals surface area contributed by atoms with Crippen LogP contribution < -0.4 is 26.2 Å². The van der Waals surface area contributed by atoms with Gasteiger partial charge in [0.05, 0.1) is 40.2 Å². The van der Waals surface area contributed by atoms with E-state index in [9.17, 15) is 16.4 Å². The molecule has 2 aliphatic heterocycles. The monoisotopic (exact) mass is 1480 g/mol. The van der Waals surface area contributed by atoms with Gasteiger partial charge in [-0.15, -0.1) is 0 Å². The Hall–Kier alpha value is -9.90. The lowest BCUT2D eigenvalue weighted by molar-refractivity contribution is 0.568. The fourth-order valence-electron chi connectivity index (χ4n) is 16.6. The normalized spacial score (nSPS) is 15.4. The van der Waals surface area contributed by atoms with Crippen molar-refractivity contribution in [3.63, 3.8) is 0 Å². The van der Waals surface area contributed by atoms with Gasteiger partial charge in [0, 0.05) is 61.5 Å². The van der Waals surface area contributed by atoms with E-state index in [0.717, 1.165) is 128 Å². The fraction of sp³-hybridized carbons (Fsp3) is 0.333. The first-order valence-corrected chi connectivity index (χ1v) is 40.2. The maximum Gasteiger partial charge on any atom is 0.252 e. The van der Waals surface area contributed by atoms with Crippen molar-refractivity contribution < 1.29 is 17.8 Å². The van der Waals surface area contributed by atoms with Crippen LogP contribution in [0.25, 0.3) is 83.1 Å². The van der Waals surface area contributed by atoms with E-state index in [1.165, 1.54) is 5.56 Å². The van der Waals surface area contributed by atoms with Crippen molar-refractivity contribution in [3.05, 3.63) is 286 Å². The topological polar surface area (TPSA) is 11.4 Å². The molecule has 15 rings (SSSR count). The molecular formula is C108H120BN3. The average Bonchev–Trinajstić information content (AvgIpc) is 1.39. The molecule has 0 saturated carbocycles. The summed E-state index contributed by atoms with van der Waals surface area (Å²) in [5.41, 5.74) is 22.5. The van der Waals surface area contributed by atoms with Gasteiger partial charge in [-0.1, -0.05) is 357 Å². The molecule has 0 atom stereocenters. The summed E-state index contributed by atoms with van der Waals surface area (Å²) in [6.45, 7) is 60.4. The maximum atomic E-state index is 10.0. The molecule has 0 fully saturated rings. The molecule has 0 aliphatic carbocycles. The Kier molecular flexibility index (Phi) is 15.0.